The number of hydrogen-bond acceptors (Lipinski definition) is 10. The van der Waals surface area contributed by atoms with E-state index < -0.39 is 59.8 Å². The van der Waals surface area contributed by atoms with Crippen LogP contribution in [0.4, 0.5) is 4.79 Å². The first kappa shape index (κ1) is 38.6. The lowest BCUT2D eigenvalue weighted by molar-refractivity contribution is -0.122. The van der Waals surface area contributed by atoms with E-state index in [2.05, 4.69) is 10.6 Å². The van der Waals surface area contributed by atoms with E-state index in [1.54, 1.807) is 38.1 Å². The van der Waals surface area contributed by atoms with E-state index in [9.17, 15) is 34.2 Å². The molecule has 49 heavy (non-hydrogen) atoms. The molecule has 0 unspecified atom stereocenters. The van der Waals surface area contributed by atoms with E-state index in [4.69, 9.17) is 19.9 Å². The third-order valence-corrected chi connectivity index (χ3v) is 8.36. The zero-order chi connectivity index (χ0) is 36.4. The number of hydrogen-bond donors (Lipinski definition) is 5. The Morgan fingerprint density at radius 2 is 1.73 bits per heavy atom. The minimum Gasteiger partial charge on any atom is -0.508 e. The number of carbonyl (C=O) groups is 5. The molecule has 1 aromatic carbocycles. The zero-order valence-corrected chi connectivity index (χ0v) is 28.5. The first-order chi connectivity index (χ1) is 23.1. The average Bonchev–Trinajstić information content (AvgIpc) is 3.04. The van der Waals surface area contributed by atoms with Gasteiger partial charge in [-0.3, -0.25) is 19.2 Å². The van der Waals surface area contributed by atoms with Gasteiger partial charge in [-0.1, -0.05) is 50.3 Å². The molecule has 0 saturated heterocycles. The van der Waals surface area contributed by atoms with Crippen LogP contribution in [0.15, 0.2) is 82.8 Å². The van der Waals surface area contributed by atoms with Gasteiger partial charge in [-0.2, -0.15) is 0 Å². The lowest BCUT2D eigenvalue weighted by Crippen LogP contribution is -2.39. The van der Waals surface area contributed by atoms with Gasteiger partial charge in [-0.25, -0.2) is 4.79 Å². The number of phenols is 1. The summed E-state index contributed by atoms with van der Waals surface area (Å²) in [4.78, 5) is 65.2. The molecule has 13 nitrogen and oxygen atoms in total. The van der Waals surface area contributed by atoms with E-state index in [-0.39, 0.29) is 53.5 Å². The highest BCUT2D eigenvalue weighted by Crippen LogP contribution is 2.29. The van der Waals surface area contributed by atoms with Gasteiger partial charge < -0.3 is 40.8 Å². The SMILES string of the molecule is CO[C@H]1/C=C\C=C(/C)C(=O)NC2=CC(=O)C(NC(=O)Cc3ccc(O)cc3)=C(C[C@@H](C)C[C@H](OC)[C@H](O)[C@@H](C)/C=C(\C)[C@@H]1OC(N)=O)C2=O. The quantitative estimate of drug-likeness (QED) is 0.220. The fraction of sp³-hybridized carbons (Fsp3) is 0.417. The predicted octanol–water partition coefficient (Wildman–Crippen LogP) is 2.83. The molecule has 3 rings (SSSR count). The number of methoxy groups -OCH3 is 2. The number of allylic oxidation sites excluding steroid dienone is 4. The summed E-state index contributed by atoms with van der Waals surface area (Å²) in [6.45, 7) is 6.78. The summed E-state index contributed by atoms with van der Waals surface area (Å²) in [5, 5.41) is 26.0. The topological polar surface area (TPSA) is 204 Å². The Morgan fingerprint density at radius 3 is 2.35 bits per heavy atom. The van der Waals surface area contributed by atoms with Crippen LogP contribution in [-0.2, 0) is 39.8 Å². The van der Waals surface area contributed by atoms with Gasteiger partial charge in [-0.05, 0) is 55.9 Å². The number of amides is 3. The van der Waals surface area contributed by atoms with Crippen LogP contribution in [0.5, 0.6) is 5.75 Å². The summed E-state index contributed by atoms with van der Waals surface area (Å²) in [5.41, 5.74) is 6.19. The fourth-order valence-corrected chi connectivity index (χ4v) is 5.70. The number of rotatable bonds is 6. The standard InChI is InChI=1S/C36H45N3O10/c1-19-14-25-31(39-30(42)17-23-10-12-24(40)13-11-23)27(41)18-26(33(25)44)38-35(45)20(2)8-7-9-28(47-5)34(49-36(37)46)22(4)16-21(3)32(43)29(15-19)48-6/h7-13,16,18-19,21,28-29,32,34,40,43H,14-15,17H2,1-6H3,(H2,37,46)(H,38,45)(H,39,42)/b9-7-,20-8+,22-16+/t19-,21+,28+,29+,32-,34+/m1/s1. The summed E-state index contributed by atoms with van der Waals surface area (Å²) >= 11 is 0. The Labute approximate surface area is 285 Å². The largest absolute Gasteiger partial charge is 0.508 e. The van der Waals surface area contributed by atoms with Crippen molar-refractivity contribution in [3.8, 4) is 5.75 Å². The van der Waals surface area contributed by atoms with Gasteiger partial charge in [0.05, 0.1) is 30.0 Å². The number of phenolic OH excluding ortho intramolecular Hbond substituents is 1. The third-order valence-electron chi connectivity index (χ3n) is 8.36. The van der Waals surface area contributed by atoms with Crippen LogP contribution in [0.2, 0.25) is 0 Å². The number of nitrogens with two attached hydrogens (primary N) is 1. The molecule has 0 radical (unpaired) electrons. The second-order valence-corrected chi connectivity index (χ2v) is 12.3. The van der Waals surface area contributed by atoms with Crippen molar-refractivity contribution in [3.05, 3.63) is 88.3 Å². The number of fused-ring (bicyclic) bond motifs is 2. The maximum Gasteiger partial charge on any atom is 0.405 e. The summed E-state index contributed by atoms with van der Waals surface area (Å²) in [6.07, 6.45) is 2.75. The van der Waals surface area contributed by atoms with Gasteiger partial charge in [0, 0.05) is 37.4 Å². The van der Waals surface area contributed by atoms with E-state index >= 15 is 0 Å². The van der Waals surface area contributed by atoms with Crippen molar-refractivity contribution in [2.45, 2.75) is 71.4 Å². The number of nitrogens with one attached hydrogen (secondary N) is 2. The van der Waals surface area contributed by atoms with Crippen LogP contribution in [0.25, 0.3) is 0 Å². The molecule has 264 valence electrons. The molecule has 3 amide bonds. The molecule has 1 aliphatic heterocycles. The smallest absolute Gasteiger partial charge is 0.405 e. The number of aromatic hydroxyl groups is 1. The van der Waals surface area contributed by atoms with Crippen LogP contribution in [0.3, 0.4) is 0 Å². The maximum atomic E-state index is 13.8. The molecule has 6 N–H and O–H groups in total. The Kier molecular flexibility index (Phi) is 13.8. The Bertz CT molecular complexity index is 1590. The number of aliphatic hydroxyl groups is 1. The van der Waals surface area contributed by atoms with Gasteiger partial charge in [-0.15, -0.1) is 0 Å². The summed E-state index contributed by atoms with van der Waals surface area (Å²) in [7, 11) is 2.85. The van der Waals surface area contributed by atoms with Gasteiger partial charge in [0.1, 0.15) is 11.9 Å². The minimum atomic E-state index is -1.04. The average molecular weight is 680 g/mol. The number of aliphatic hydroxyl groups excluding tert-OH is 1. The van der Waals surface area contributed by atoms with Crippen molar-refractivity contribution >= 4 is 29.5 Å². The predicted molar refractivity (Wildman–Crippen MR) is 179 cm³/mol. The van der Waals surface area contributed by atoms with Gasteiger partial charge >= 0.3 is 6.09 Å². The molecule has 1 aliphatic carbocycles. The molecule has 0 aromatic heterocycles. The van der Waals surface area contributed by atoms with E-state index in [1.807, 2.05) is 6.92 Å². The number of ketones is 2. The molecule has 13 heteroatoms. The highest BCUT2D eigenvalue weighted by atomic mass is 16.6. The third kappa shape index (κ3) is 10.6. The van der Waals surface area contributed by atoms with Crippen LogP contribution < -0.4 is 16.4 Å². The molecule has 2 bridgehead atoms. The monoisotopic (exact) mass is 679 g/mol. The van der Waals surface area contributed by atoms with Crippen molar-refractivity contribution in [2.24, 2.45) is 17.6 Å². The van der Waals surface area contributed by atoms with Crippen molar-refractivity contribution in [3.63, 3.8) is 0 Å². The highest BCUT2D eigenvalue weighted by Gasteiger charge is 2.34. The summed E-state index contributed by atoms with van der Waals surface area (Å²) in [5.74, 6) is -3.38. The maximum absolute atomic E-state index is 13.8. The Hall–Kier alpha value is -4.85. The summed E-state index contributed by atoms with van der Waals surface area (Å²) in [6, 6.07) is 5.99. The van der Waals surface area contributed by atoms with Crippen molar-refractivity contribution in [1.82, 2.24) is 10.6 Å². The Morgan fingerprint density at radius 1 is 1.06 bits per heavy atom. The Balaban J connectivity index is 2.05. The van der Waals surface area contributed by atoms with Crippen molar-refractivity contribution in [1.29, 1.82) is 0 Å². The van der Waals surface area contributed by atoms with Crippen molar-refractivity contribution in [2.75, 3.05) is 14.2 Å². The first-order valence-corrected chi connectivity index (χ1v) is 15.8. The molecule has 2 aliphatic rings. The van der Waals surface area contributed by atoms with Gasteiger partial charge in [0.15, 0.2) is 6.10 Å². The molecule has 1 heterocycles. The second kappa shape index (κ2) is 17.5. The molecular weight excluding hydrogens is 634 g/mol. The molecular formula is C36H45N3O10. The number of ether oxygens (including phenoxy) is 3. The van der Waals surface area contributed by atoms with Gasteiger partial charge in [0.2, 0.25) is 17.5 Å². The molecule has 6 atom stereocenters. The van der Waals surface area contributed by atoms with Crippen molar-refractivity contribution < 1.29 is 48.4 Å². The lowest BCUT2D eigenvalue weighted by Gasteiger charge is -2.30. The number of Topliss-reactive ketones (excluding diaryl/α,β-unsaturated/α-hetero) is 1. The zero-order valence-electron chi connectivity index (χ0n) is 28.5. The second-order valence-electron chi connectivity index (χ2n) is 12.3. The molecule has 0 saturated carbocycles. The molecule has 0 spiro atoms. The summed E-state index contributed by atoms with van der Waals surface area (Å²) < 4.78 is 16.6. The minimum absolute atomic E-state index is 0.00342. The first-order valence-electron chi connectivity index (χ1n) is 15.8. The van der Waals surface area contributed by atoms with E-state index in [1.165, 1.54) is 45.4 Å². The highest BCUT2D eigenvalue weighted by molar-refractivity contribution is 6.24. The fourth-order valence-electron chi connectivity index (χ4n) is 5.70. The van der Waals surface area contributed by atoms with E-state index in [0.29, 0.717) is 11.1 Å². The van der Waals surface area contributed by atoms with Crippen LogP contribution >= 0.6 is 0 Å². The lowest BCUT2D eigenvalue weighted by atomic mass is 9.85. The van der Waals surface area contributed by atoms with Crippen LogP contribution in [0, 0.1) is 11.8 Å². The van der Waals surface area contributed by atoms with Crippen LogP contribution in [-0.4, -0.2) is 78.3 Å². The molecule has 0 fully saturated rings. The van der Waals surface area contributed by atoms with E-state index in [0.717, 1.165) is 6.08 Å². The van der Waals surface area contributed by atoms with Gasteiger partial charge in [0.25, 0.3) is 5.91 Å². The number of carbonyl (C=O) groups excluding carboxylic acids is 5. The normalized spacial score (nSPS) is 28.7. The molecule has 1 aromatic rings. The number of primary amides is 1. The van der Waals surface area contributed by atoms with Crippen LogP contribution in [0.1, 0.15) is 46.1 Å². The number of benzene rings is 1.